The second kappa shape index (κ2) is 6.89. The minimum Gasteiger partial charge on any atom is -0.314 e. The second-order valence-corrected chi connectivity index (χ2v) is 6.31. The molecule has 1 saturated carbocycles. The van der Waals surface area contributed by atoms with E-state index in [9.17, 15) is 0 Å². The molecule has 0 saturated heterocycles. The minimum absolute atomic E-state index is 0.734. The van der Waals surface area contributed by atoms with Gasteiger partial charge in [-0.15, -0.1) is 0 Å². The number of nitrogens with one attached hydrogen (secondary N) is 1. The SMILES string of the molecule is CCNC1CCC(Cc2c(Br)c(CC)nn2CC)C1. The van der Waals surface area contributed by atoms with Gasteiger partial charge < -0.3 is 5.32 Å². The largest absolute Gasteiger partial charge is 0.314 e. The quantitative estimate of drug-likeness (QED) is 0.865. The Hall–Kier alpha value is -0.350. The highest BCUT2D eigenvalue weighted by molar-refractivity contribution is 9.10. The van der Waals surface area contributed by atoms with Gasteiger partial charge in [0.1, 0.15) is 0 Å². The first-order chi connectivity index (χ1) is 9.19. The van der Waals surface area contributed by atoms with Gasteiger partial charge in [0.15, 0.2) is 0 Å². The summed E-state index contributed by atoms with van der Waals surface area (Å²) in [5.74, 6) is 0.812. The van der Waals surface area contributed by atoms with Crippen molar-refractivity contribution in [1.82, 2.24) is 15.1 Å². The molecule has 3 nitrogen and oxygen atoms in total. The molecule has 1 fully saturated rings. The fourth-order valence-electron chi connectivity index (χ4n) is 3.22. The van der Waals surface area contributed by atoms with Crippen molar-refractivity contribution in [3.8, 4) is 0 Å². The van der Waals surface area contributed by atoms with Crippen molar-refractivity contribution in [2.45, 2.75) is 65.5 Å². The van der Waals surface area contributed by atoms with Crippen molar-refractivity contribution in [2.24, 2.45) is 5.92 Å². The lowest BCUT2D eigenvalue weighted by Crippen LogP contribution is -2.26. The van der Waals surface area contributed by atoms with Crippen molar-refractivity contribution in [1.29, 1.82) is 0 Å². The molecular weight excluding hydrogens is 302 g/mol. The maximum atomic E-state index is 4.70. The van der Waals surface area contributed by atoms with Crippen LogP contribution in [0.5, 0.6) is 0 Å². The molecule has 19 heavy (non-hydrogen) atoms. The van der Waals surface area contributed by atoms with E-state index in [1.807, 2.05) is 0 Å². The van der Waals surface area contributed by atoms with Crippen LogP contribution in [0.2, 0.25) is 0 Å². The standard InChI is InChI=1S/C15H26BrN3/c1-4-13-15(16)14(19(6-3)18-13)10-11-7-8-12(9-11)17-5-2/h11-12,17H,4-10H2,1-3H3. The highest BCUT2D eigenvalue weighted by atomic mass is 79.9. The highest BCUT2D eigenvalue weighted by Crippen LogP contribution is 2.32. The number of halogens is 1. The number of rotatable bonds is 6. The summed E-state index contributed by atoms with van der Waals surface area (Å²) in [6.07, 6.45) is 6.17. The molecule has 2 rings (SSSR count). The average molecular weight is 328 g/mol. The Balaban J connectivity index is 2.05. The normalized spacial score (nSPS) is 23.2. The zero-order valence-electron chi connectivity index (χ0n) is 12.4. The average Bonchev–Trinajstić information content (AvgIpc) is 2.97. The van der Waals surface area contributed by atoms with E-state index < -0.39 is 0 Å². The van der Waals surface area contributed by atoms with Crippen LogP contribution >= 0.6 is 15.9 Å². The van der Waals surface area contributed by atoms with Crippen LogP contribution < -0.4 is 5.32 Å². The van der Waals surface area contributed by atoms with Crippen LogP contribution in [0, 0.1) is 5.92 Å². The van der Waals surface area contributed by atoms with E-state index in [1.54, 1.807) is 0 Å². The first-order valence-electron chi connectivity index (χ1n) is 7.66. The van der Waals surface area contributed by atoms with Crippen LogP contribution in [0.3, 0.4) is 0 Å². The van der Waals surface area contributed by atoms with E-state index in [2.05, 4.69) is 46.7 Å². The van der Waals surface area contributed by atoms with Crippen LogP contribution in [0.4, 0.5) is 0 Å². The lowest BCUT2D eigenvalue weighted by Gasteiger charge is -2.13. The van der Waals surface area contributed by atoms with Crippen LogP contribution in [0.1, 0.15) is 51.4 Å². The van der Waals surface area contributed by atoms with Crippen molar-refractivity contribution < 1.29 is 0 Å². The number of nitrogens with zero attached hydrogens (tertiary/aromatic N) is 2. The lowest BCUT2D eigenvalue weighted by molar-refractivity contribution is 0.475. The summed E-state index contributed by atoms with van der Waals surface area (Å²) in [5.41, 5.74) is 2.61. The molecule has 0 bridgehead atoms. The Labute approximate surface area is 125 Å². The highest BCUT2D eigenvalue weighted by Gasteiger charge is 2.26. The third kappa shape index (κ3) is 3.40. The van der Waals surface area contributed by atoms with Crippen LogP contribution in [0.25, 0.3) is 0 Å². The molecule has 2 atom stereocenters. The number of hydrogen-bond acceptors (Lipinski definition) is 2. The fraction of sp³-hybridized carbons (Fsp3) is 0.800. The molecule has 0 radical (unpaired) electrons. The molecule has 0 aliphatic heterocycles. The van der Waals surface area contributed by atoms with Gasteiger partial charge in [-0.3, -0.25) is 4.68 Å². The molecule has 1 N–H and O–H groups in total. The maximum Gasteiger partial charge on any atom is 0.0766 e. The van der Waals surface area contributed by atoms with Gasteiger partial charge in [-0.2, -0.15) is 5.10 Å². The van der Waals surface area contributed by atoms with Crippen molar-refractivity contribution in [2.75, 3.05) is 6.54 Å². The van der Waals surface area contributed by atoms with Gasteiger partial charge in [0.25, 0.3) is 0 Å². The van der Waals surface area contributed by atoms with E-state index in [0.717, 1.165) is 31.5 Å². The monoisotopic (exact) mass is 327 g/mol. The number of aryl methyl sites for hydroxylation is 2. The zero-order valence-corrected chi connectivity index (χ0v) is 14.0. The summed E-state index contributed by atoms with van der Waals surface area (Å²) in [7, 11) is 0. The van der Waals surface area contributed by atoms with Gasteiger partial charge in [-0.1, -0.05) is 13.8 Å². The summed E-state index contributed by atoms with van der Waals surface area (Å²) in [5, 5.41) is 8.28. The molecule has 1 aromatic rings. The van der Waals surface area contributed by atoms with Crippen LogP contribution in [-0.4, -0.2) is 22.4 Å². The molecule has 0 amide bonds. The Morgan fingerprint density at radius 2 is 2.11 bits per heavy atom. The molecule has 1 aliphatic carbocycles. The van der Waals surface area contributed by atoms with E-state index in [1.165, 1.54) is 41.5 Å². The van der Waals surface area contributed by atoms with Gasteiger partial charge in [0, 0.05) is 12.6 Å². The summed E-state index contributed by atoms with van der Waals surface area (Å²) in [6.45, 7) is 8.61. The predicted octanol–water partition coefficient (Wildman–Crippen LogP) is 3.55. The predicted molar refractivity (Wildman–Crippen MR) is 83.5 cm³/mol. The van der Waals surface area contributed by atoms with Gasteiger partial charge in [-0.25, -0.2) is 0 Å². The topological polar surface area (TPSA) is 29.9 Å². The van der Waals surface area contributed by atoms with Gasteiger partial charge >= 0.3 is 0 Å². The second-order valence-electron chi connectivity index (χ2n) is 5.51. The fourth-order valence-corrected chi connectivity index (χ4v) is 3.95. The molecule has 1 aliphatic rings. The van der Waals surface area contributed by atoms with Crippen molar-refractivity contribution in [3.63, 3.8) is 0 Å². The van der Waals surface area contributed by atoms with E-state index in [-0.39, 0.29) is 0 Å². The zero-order chi connectivity index (χ0) is 13.8. The third-order valence-corrected chi connectivity index (χ3v) is 5.13. The molecule has 4 heteroatoms. The smallest absolute Gasteiger partial charge is 0.0766 e. The minimum atomic E-state index is 0.734. The molecule has 2 unspecified atom stereocenters. The van der Waals surface area contributed by atoms with Crippen LogP contribution in [0.15, 0.2) is 4.47 Å². The molecule has 0 aromatic carbocycles. The number of hydrogen-bond donors (Lipinski definition) is 1. The van der Waals surface area contributed by atoms with E-state index in [4.69, 9.17) is 5.10 Å². The van der Waals surface area contributed by atoms with Gasteiger partial charge in [0.2, 0.25) is 0 Å². The Kier molecular flexibility index (Phi) is 5.46. The third-order valence-electron chi connectivity index (χ3n) is 4.21. The Morgan fingerprint density at radius 1 is 1.32 bits per heavy atom. The molecule has 1 heterocycles. The molecule has 1 aromatic heterocycles. The summed E-state index contributed by atoms with van der Waals surface area (Å²) >= 11 is 3.76. The summed E-state index contributed by atoms with van der Waals surface area (Å²) in [4.78, 5) is 0. The molecular formula is C15H26BrN3. The lowest BCUT2D eigenvalue weighted by atomic mass is 10.0. The first-order valence-corrected chi connectivity index (χ1v) is 8.46. The van der Waals surface area contributed by atoms with E-state index in [0.29, 0.717) is 0 Å². The summed E-state index contributed by atoms with van der Waals surface area (Å²) in [6, 6.07) is 0.734. The van der Waals surface area contributed by atoms with Crippen LogP contribution in [-0.2, 0) is 19.4 Å². The van der Waals surface area contributed by atoms with Crippen molar-refractivity contribution >= 4 is 15.9 Å². The molecule has 108 valence electrons. The van der Waals surface area contributed by atoms with Gasteiger partial charge in [-0.05, 0) is 67.4 Å². The van der Waals surface area contributed by atoms with E-state index >= 15 is 0 Å². The number of aromatic nitrogens is 2. The van der Waals surface area contributed by atoms with Gasteiger partial charge in [0.05, 0.1) is 15.9 Å². The maximum absolute atomic E-state index is 4.70. The summed E-state index contributed by atoms with van der Waals surface area (Å²) < 4.78 is 3.44. The first kappa shape index (κ1) is 15.0. The Morgan fingerprint density at radius 3 is 2.74 bits per heavy atom. The molecule has 0 spiro atoms. The Bertz CT molecular complexity index is 414. The van der Waals surface area contributed by atoms with Crippen molar-refractivity contribution in [3.05, 3.63) is 15.9 Å².